The largest absolute Gasteiger partial charge is 0.659 e. The molecule has 7 heteroatoms. The molecular formula is C14H25NO5P-. The number of allylic oxidation sites excluding steroid dienone is 3. The highest BCUT2D eigenvalue weighted by Crippen LogP contribution is 2.42. The van der Waals surface area contributed by atoms with Crippen LogP contribution in [-0.4, -0.2) is 23.1 Å². The Hall–Kier alpha value is -0.780. The number of nitrogens with one attached hydrogen (secondary N) is 1. The Morgan fingerprint density at radius 3 is 2.43 bits per heavy atom. The van der Waals surface area contributed by atoms with E-state index in [0.717, 1.165) is 18.4 Å². The first kappa shape index (κ1) is 20.2. The van der Waals surface area contributed by atoms with Gasteiger partial charge in [0.25, 0.3) is 5.91 Å². The Morgan fingerprint density at radius 2 is 1.95 bits per heavy atom. The van der Waals surface area contributed by atoms with E-state index < -0.39 is 19.5 Å². The van der Waals surface area contributed by atoms with Gasteiger partial charge in [-0.2, -0.15) is 0 Å². The lowest BCUT2D eigenvalue weighted by Crippen LogP contribution is -2.43. The van der Waals surface area contributed by atoms with Gasteiger partial charge >= 0.3 is 0 Å². The molecule has 0 bridgehead atoms. The van der Waals surface area contributed by atoms with E-state index in [1.54, 1.807) is 0 Å². The fraction of sp³-hybridized carbons (Fsp3) is 0.643. The first-order valence-electron chi connectivity index (χ1n) is 6.92. The molecule has 0 heterocycles. The van der Waals surface area contributed by atoms with E-state index in [2.05, 4.69) is 6.08 Å². The molecule has 1 atom stereocenters. The molecule has 0 rings (SSSR count). The van der Waals surface area contributed by atoms with Gasteiger partial charge in [0.1, 0.15) is 0 Å². The molecule has 0 saturated heterocycles. The van der Waals surface area contributed by atoms with Crippen LogP contribution in [0.25, 0.3) is 0 Å². The first-order chi connectivity index (χ1) is 9.68. The van der Waals surface area contributed by atoms with Gasteiger partial charge < -0.3 is 9.79 Å². The highest BCUT2D eigenvalue weighted by molar-refractivity contribution is 7.57. The molecule has 0 aliphatic heterocycles. The molecule has 0 radical (unpaired) electrons. The smallest absolute Gasteiger partial charge is 0.286 e. The highest BCUT2D eigenvalue weighted by Gasteiger charge is 2.31. The quantitative estimate of drug-likeness (QED) is 0.285. The van der Waals surface area contributed by atoms with Crippen LogP contribution >= 0.6 is 7.94 Å². The zero-order chi connectivity index (χ0) is 16.5. The van der Waals surface area contributed by atoms with Crippen LogP contribution in [0.1, 0.15) is 47.0 Å². The van der Waals surface area contributed by atoms with Crippen molar-refractivity contribution in [3.63, 3.8) is 0 Å². The lowest BCUT2D eigenvalue weighted by molar-refractivity contribution is -0.333. The molecule has 0 aliphatic rings. The maximum absolute atomic E-state index is 11.5. The Labute approximate surface area is 127 Å². The van der Waals surface area contributed by atoms with Gasteiger partial charge in [0.05, 0.1) is 14.6 Å². The standard InChI is InChI=1S/C14H26NO5P/c1-5-13(21(17,18)19)14(16)15-20-10-9-12(4)8-6-7-11(2)3/h7,9,13H,5-6,8,10H2,1-4H3,(H,15,16)(H2,17,18,19)/p-1/b12-9+. The predicted octanol–water partition coefficient (Wildman–Crippen LogP) is 0.981. The van der Waals surface area contributed by atoms with Crippen LogP contribution in [0.4, 0.5) is 0 Å². The van der Waals surface area contributed by atoms with Gasteiger partial charge in [0.2, 0.25) is 0 Å². The lowest BCUT2D eigenvalue weighted by Gasteiger charge is -2.34. The minimum absolute atomic E-state index is 0.00988. The summed E-state index contributed by atoms with van der Waals surface area (Å²) in [5, 5.41) is 0. The van der Waals surface area contributed by atoms with E-state index in [-0.39, 0.29) is 13.0 Å². The van der Waals surface area contributed by atoms with E-state index >= 15 is 0 Å². The average Bonchev–Trinajstić information content (AvgIpc) is 2.33. The zero-order valence-electron chi connectivity index (χ0n) is 13.1. The van der Waals surface area contributed by atoms with Crippen LogP contribution in [0.15, 0.2) is 23.3 Å². The zero-order valence-corrected chi connectivity index (χ0v) is 14.0. The summed E-state index contributed by atoms with van der Waals surface area (Å²) in [5.41, 5.74) is 2.95. The molecule has 0 aliphatic carbocycles. The topological polar surface area (TPSA) is 105 Å². The van der Waals surface area contributed by atoms with Gasteiger partial charge in [-0.1, -0.05) is 30.2 Å². The number of carbonyl (C=O) groups excluding carboxylic acids is 1. The minimum atomic E-state index is -4.69. The second-order valence-corrected chi connectivity index (χ2v) is 6.89. The molecular weight excluding hydrogens is 293 g/mol. The molecule has 6 nitrogen and oxygen atoms in total. The van der Waals surface area contributed by atoms with Crippen LogP contribution in [0.3, 0.4) is 0 Å². The summed E-state index contributed by atoms with van der Waals surface area (Å²) in [6, 6.07) is 0. The number of hydrogen-bond acceptors (Lipinski definition) is 5. The van der Waals surface area contributed by atoms with Crippen LogP contribution < -0.4 is 15.3 Å². The third-order valence-electron chi connectivity index (χ3n) is 2.86. The van der Waals surface area contributed by atoms with Crippen molar-refractivity contribution in [2.45, 2.75) is 52.6 Å². The van der Waals surface area contributed by atoms with Gasteiger partial charge in [-0.15, -0.1) is 0 Å². The van der Waals surface area contributed by atoms with Crippen LogP contribution in [0, 0.1) is 0 Å². The van der Waals surface area contributed by atoms with Gasteiger partial charge in [-0.05, 0) is 40.0 Å². The van der Waals surface area contributed by atoms with E-state index in [1.807, 2.05) is 32.3 Å². The summed E-state index contributed by atoms with van der Waals surface area (Å²) in [7, 11) is -4.69. The lowest BCUT2D eigenvalue weighted by atomic mass is 10.1. The molecule has 0 saturated carbocycles. The molecule has 1 amide bonds. The van der Waals surface area contributed by atoms with Crippen molar-refractivity contribution in [1.82, 2.24) is 5.48 Å². The SMILES string of the molecule is CCC(C(=O)NOC/C=C(\C)CCC=C(C)C)[P+]([O-])([O-])O. The fourth-order valence-corrected chi connectivity index (χ4v) is 2.43. The van der Waals surface area contributed by atoms with Crippen molar-refractivity contribution in [3.05, 3.63) is 23.3 Å². The molecule has 0 fully saturated rings. The Kier molecular flexibility index (Phi) is 9.66. The van der Waals surface area contributed by atoms with Crippen molar-refractivity contribution < 1.29 is 24.3 Å². The molecule has 122 valence electrons. The number of rotatable bonds is 9. The third kappa shape index (κ3) is 9.72. The van der Waals surface area contributed by atoms with E-state index in [9.17, 15) is 14.6 Å². The van der Waals surface area contributed by atoms with Gasteiger partial charge in [0.15, 0.2) is 5.66 Å². The predicted molar refractivity (Wildman–Crippen MR) is 79.7 cm³/mol. The van der Waals surface area contributed by atoms with Gasteiger partial charge in [0, 0.05) is 0 Å². The average molecular weight is 318 g/mol. The van der Waals surface area contributed by atoms with Crippen molar-refractivity contribution in [1.29, 1.82) is 0 Å². The van der Waals surface area contributed by atoms with Crippen LogP contribution in [0.2, 0.25) is 0 Å². The summed E-state index contributed by atoms with van der Waals surface area (Å²) in [5.74, 6) is -0.853. The summed E-state index contributed by atoms with van der Waals surface area (Å²) < 4.78 is 0. The molecule has 0 aromatic rings. The van der Waals surface area contributed by atoms with Crippen molar-refractivity contribution in [2.24, 2.45) is 0 Å². The second kappa shape index (κ2) is 10.0. The van der Waals surface area contributed by atoms with E-state index in [4.69, 9.17) is 9.73 Å². The number of amides is 1. The van der Waals surface area contributed by atoms with Crippen molar-refractivity contribution in [2.75, 3.05) is 6.61 Å². The Balaban J connectivity index is 4.08. The van der Waals surface area contributed by atoms with Crippen LogP contribution in [-0.2, 0) is 9.63 Å². The number of carbonyl (C=O) groups is 1. The maximum Gasteiger partial charge on any atom is 0.286 e. The first-order valence-corrected chi connectivity index (χ1v) is 8.57. The Bertz CT molecular complexity index is 383. The molecule has 1 unspecified atom stereocenters. The maximum atomic E-state index is 11.5. The van der Waals surface area contributed by atoms with Crippen LogP contribution in [0.5, 0.6) is 0 Å². The second-order valence-electron chi connectivity index (χ2n) is 5.14. The van der Waals surface area contributed by atoms with E-state index in [0.29, 0.717) is 0 Å². The minimum Gasteiger partial charge on any atom is -0.659 e. The van der Waals surface area contributed by atoms with E-state index in [1.165, 1.54) is 12.5 Å². The summed E-state index contributed by atoms with van der Waals surface area (Å²) in [6.45, 7) is 7.68. The fourth-order valence-electron chi connectivity index (χ4n) is 1.62. The summed E-state index contributed by atoms with van der Waals surface area (Å²) >= 11 is 0. The monoisotopic (exact) mass is 318 g/mol. The number of hydroxylamine groups is 1. The molecule has 21 heavy (non-hydrogen) atoms. The summed E-state index contributed by atoms with van der Waals surface area (Å²) in [6.07, 6.45) is 5.78. The highest BCUT2D eigenvalue weighted by atomic mass is 31.2. The molecule has 0 aromatic carbocycles. The normalized spacial score (nSPS) is 13.8. The molecule has 0 aromatic heterocycles. The molecule has 2 N–H and O–H groups in total. The van der Waals surface area contributed by atoms with Crippen molar-refractivity contribution in [3.8, 4) is 0 Å². The van der Waals surface area contributed by atoms with Gasteiger partial charge in [-0.3, -0.25) is 14.5 Å². The summed E-state index contributed by atoms with van der Waals surface area (Å²) in [4.78, 5) is 47.3. The third-order valence-corrected chi connectivity index (χ3v) is 4.25. The van der Waals surface area contributed by atoms with Gasteiger partial charge in [-0.25, -0.2) is 5.48 Å². The Morgan fingerprint density at radius 1 is 1.33 bits per heavy atom. The number of hydrogen-bond donors (Lipinski definition) is 2. The molecule has 0 spiro atoms. The van der Waals surface area contributed by atoms with Crippen molar-refractivity contribution >= 4 is 13.9 Å².